The van der Waals surface area contributed by atoms with E-state index in [4.69, 9.17) is 5.73 Å². The van der Waals surface area contributed by atoms with E-state index in [0.717, 1.165) is 5.56 Å². The second-order valence-electron chi connectivity index (χ2n) is 3.02. The van der Waals surface area contributed by atoms with Gasteiger partial charge in [-0.3, -0.25) is 9.59 Å². The van der Waals surface area contributed by atoms with Crippen LogP contribution < -0.4 is 11.1 Å². The number of hydrogen-bond donors (Lipinski definition) is 2. The van der Waals surface area contributed by atoms with E-state index in [1.165, 1.54) is 4.57 Å². The Labute approximate surface area is 81.9 Å². The molecule has 0 fully saturated rings. The minimum atomic E-state index is -0.467. The number of aromatic nitrogens is 1. The van der Waals surface area contributed by atoms with Gasteiger partial charge in [0.05, 0.1) is 0 Å². The number of primary amides is 1. The summed E-state index contributed by atoms with van der Waals surface area (Å²) in [7, 11) is 1.55. The third kappa shape index (κ3) is 1.93. The Morgan fingerprint density at radius 3 is 2.71 bits per heavy atom. The van der Waals surface area contributed by atoms with Gasteiger partial charge in [0.2, 0.25) is 5.91 Å². The van der Waals surface area contributed by atoms with Crippen LogP contribution in [0.4, 0.5) is 0 Å². The van der Waals surface area contributed by atoms with Crippen molar-refractivity contribution in [3.8, 4) is 0 Å². The number of nitrogens with two attached hydrogens (primary N) is 1. The van der Waals surface area contributed by atoms with Crippen LogP contribution in [0.15, 0.2) is 12.3 Å². The molecule has 1 aromatic heterocycles. The molecule has 76 valence electrons. The van der Waals surface area contributed by atoms with Crippen LogP contribution >= 0.6 is 0 Å². The van der Waals surface area contributed by atoms with Crippen LogP contribution in [0.25, 0.3) is 0 Å². The number of carbonyl (C=O) groups excluding carboxylic acids is 2. The zero-order valence-corrected chi connectivity index (χ0v) is 8.20. The van der Waals surface area contributed by atoms with Crippen LogP contribution in [0.2, 0.25) is 0 Å². The van der Waals surface area contributed by atoms with Crippen molar-refractivity contribution in [1.29, 1.82) is 0 Å². The molecule has 1 aromatic rings. The average molecular weight is 195 g/mol. The summed E-state index contributed by atoms with van der Waals surface area (Å²) < 4.78 is 1.54. The van der Waals surface area contributed by atoms with E-state index in [9.17, 15) is 9.59 Å². The van der Waals surface area contributed by atoms with Crippen molar-refractivity contribution in [2.45, 2.75) is 13.5 Å². The number of aryl methyl sites for hydroxylation is 1. The molecule has 0 aromatic carbocycles. The molecule has 0 aliphatic heterocycles. The maximum Gasteiger partial charge on any atom is 0.267 e. The standard InChI is InChI=1S/C9H13N3O2/c1-6-3-4-12(5-7(10)13)8(6)9(14)11-2/h3-4H,5H2,1-2H3,(H2,10,13)(H,11,14). The summed E-state index contributed by atoms with van der Waals surface area (Å²) in [5.74, 6) is -0.681. The first kappa shape index (κ1) is 10.3. The van der Waals surface area contributed by atoms with Crippen molar-refractivity contribution in [3.05, 3.63) is 23.5 Å². The van der Waals surface area contributed by atoms with Gasteiger partial charge in [0.25, 0.3) is 5.91 Å². The van der Waals surface area contributed by atoms with E-state index in [1.807, 2.05) is 6.92 Å². The lowest BCUT2D eigenvalue weighted by molar-refractivity contribution is -0.118. The van der Waals surface area contributed by atoms with Gasteiger partial charge >= 0.3 is 0 Å². The summed E-state index contributed by atoms with van der Waals surface area (Å²) in [5.41, 5.74) is 6.36. The van der Waals surface area contributed by atoms with Crippen molar-refractivity contribution in [3.63, 3.8) is 0 Å². The third-order valence-corrected chi connectivity index (χ3v) is 1.93. The molecule has 0 atom stereocenters. The highest BCUT2D eigenvalue weighted by Crippen LogP contribution is 2.09. The third-order valence-electron chi connectivity index (χ3n) is 1.93. The second-order valence-corrected chi connectivity index (χ2v) is 3.02. The molecule has 0 unspecified atom stereocenters. The number of amides is 2. The topological polar surface area (TPSA) is 77.1 Å². The Bertz CT molecular complexity index is 368. The van der Waals surface area contributed by atoms with Crippen LogP contribution in [0.3, 0.4) is 0 Å². The summed E-state index contributed by atoms with van der Waals surface area (Å²) in [5, 5.41) is 2.51. The fraction of sp³-hybridized carbons (Fsp3) is 0.333. The molecule has 0 aliphatic carbocycles. The Morgan fingerprint density at radius 2 is 2.21 bits per heavy atom. The van der Waals surface area contributed by atoms with Gasteiger partial charge in [-0.1, -0.05) is 0 Å². The molecule has 0 aliphatic rings. The summed E-state index contributed by atoms with van der Waals surface area (Å²) in [4.78, 5) is 22.1. The summed E-state index contributed by atoms with van der Waals surface area (Å²) in [6.07, 6.45) is 1.67. The van der Waals surface area contributed by atoms with E-state index in [1.54, 1.807) is 19.3 Å². The molecular formula is C9H13N3O2. The molecule has 5 heteroatoms. The van der Waals surface area contributed by atoms with Crippen molar-refractivity contribution in [1.82, 2.24) is 9.88 Å². The van der Waals surface area contributed by atoms with Gasteiger partial charge in [-0.2, -0.15) is 0 Å². The molecule has 2 amide bonds. The van der Waals surface area contributed by atoms with Crippen LogP contribution in [-0.4, -0.2) is 23.4 Å². The number of nitrogens with one attached hydrogen (secondary N) is 1. The van der Waals surface area contributed by atoms with Gasteiger partial charge in [-0.25, -0.2) is 0 Å². The second kappa shape index (κ2) is 3.95. The predicted molar refractivity (Wildman–Crippen MR) is 51.8 cm³/mol. The monoisotopic (exact) mass is 195 g/mol. The molecule has 14 heavy (non-hydrogen) atoms. The SMILES string of the molecule is CNC(=O)c1c(C)ccn1CC(N)=O. The van der Waals surface area contributed by atoms with E-state index in [-0.39, 0.29) is 12.5 Å². The van der Waals surface area contributed by atoms with Gasteiger partial charge < -0.3 is 15.6 Å². The fourth-order valence-corrected chi connectivity index (χ4v) is 1.31. The minimum Gasteiger partial charge on any atom is -0.368 e. The molecule has 1 rings (SSSR count). The number of carbonyl (C=O) groups is 2. The normalized spacial score (nSPS) is 9.86. The molecule has 0 radical (unpaired) electrons. The van der Waals surface area contributed by atoms with E-state index < -0.39 is 5.91 Å². The predicted octanol–water partition coefficient (Wildman–Crippen LogP) is -0.359. The highest BCUT2D eigenvalue weighted by atomic mass is 16.2. The number of rotatable bonds is 3. The molecule has 0 saturated carbocycles. The van der Waals surface area contributed by atoms with Gasteiger partial charge in [0.1, 0.15) is 12.2 Å². The van der Waals surface area contributed by atoms with E-state index in [0.29, 0.717) is 5.69 Å². The maximum atomic E-state index is 11.4. The molecular weight excluding hydrogens is 182 g/mol. The lowest BCUT2D eigenvalue weighted by atomic mass is 10.2. The number of hydrogen-bond acceptors (Lipinski definition) is 2. The molecule has 1 heterocycles. The molecule has 0 spiro atoms. The Kier molecular flexibility index (Phi) is 2.91. The Hall–Kier alpha value is -1.78. The van der Waals surface area contributed by atoms with Crippen LogP contribution in [0.1, 0.15) is 16.1 Å². The summed E-state index contributed by atoms with van der Waals surface area (Å²) in [6, 6.07) is 1.77. The van der Waals surface area contributed by atoms with Crippen molar-refractivity contribution < 1.29 is 9.59 Å². The van der Waals surface area contributed by atoms with Gasteiger partial charge in [0.15, 0.2) is 0 Å². The van der Waals surface area contributed by atoms with Crippen LogP contribution in [0, 0.1) is 6.92 Å². The summed E-state index contributed by atoms with van der Waals surface area (Å²) in [6.45, 7) is 1.83. The lowest BCUT2D eigenvalue weighted by Gasteiger charge is -2.06. The molecule has 0 bridgehead atoms. The van der Waals surface area contributed by atoms with E-state index in [2.05, 4.69) is 5.32 Å². The lowest BCUT2D eigenvalue weighted by Crippen LogP contribution is -2.26. The van der Waals surface area contributed by atoms with Gasteiger partial charge in [0, 0.05) is 13.2 Å². The van der Waals surface area contributed by atoms with Crippen molar-refractivity contribution >= 4 is 11.8 Å². The molecule has 5 nitrogen and oxygen atoms in total. The van der Waals surface area contributed by atoms with Gasteiger partial charge in [-0.05, 0) is 18.6 Å². The van der Waals surface area contributed by atoms with Crippen LogP contribution in [0.5, 0.6) is 0 Å². The first-order valence-electron chi connectivity index (χ1n) is 4.22. The van der Waals surface area contributed by atoms with Crippen molar-refractivity contribution in [2.75, 3.05) is 7.05 Å². The fourth-order valence-electron chi connectivity index (χ4n) is 1.31. The van der Waals surface area contributed by atoms with Gasteiger partial charge in [-0.15, -0.1) is 0 Å². The average Bonchev–Trinajstić information content (AvgIpc) is 2.45. The maximum absolute atomic E-state index is 11.4. The largest absolute Gasteiger partial charge is 0.368 e. The minimum absolute atomic E-state index is 0.0244. The first-order chi connectivity index (χ1) is 6.56. The number of nitrogens with zero attached hydrogens (tertiary/aromatic N) is 1. The zero-order valence-electron chi connectivity index (χ0n) is 8.20. The van der Waals surface area contributed by atoms with E-state index >= 15 is 0 Å². The quantitative estimate of drug-likeness (QED) is 0.691. The smallest absolute Gasteiger partial charge is 0.267 e. The van der Waals surface area contributed by atoms with Crippen LogP contribution in [-0.2, 0) is 11.3 Å². The highest BCUT2D eigenvalue weighted by Gasteiger charge is 2.13. The summed E-state index contributed by atoms with van der Waals surface area (Å²) >= 11 is 0. The Balaban J connectivity index is 3.05. The molecule has 3 N–H and O–H groups in total. The highest BCUT2D eigenvalue weighted by molar-refractivity contribution is 5.94. The molecule has 0 saturated heterocycles. The Morgan fingerprint density at radius 1 is 1.57 bits per heavy atom. The van der Waals surface area contributed by atoms with Crippen molar-refractivity contribution in [2.24, 2.45) is 5.73 Å². The first-order valence-corrected chi connectivity index (χ1v) is 4.22. The zero-order chi connectivity index (χ0) is 10.7.